The molecule has 2 heterocycles. The van der Waals surface area contributed by atoms with E-state index in [0.29, 0.717) is 36.1 Å². The third-order valence-electron chi connectivity index (χ3n) is 7.08. The second-order valence-corrected chi connectivity index (χ2v) is 9.98. The standard InChI is InChI=1S/C24H27FN2O5S/c1-2-26-11-14(12-26)3-4-15-9-17(25)5-7-20(15)27(33(30)31)21-8-6-18-19-10-16(19)13-32-23(18)22(21)24(28)29/h5-9,14,16,19H,2-4,10-13H2,1H3,(H,28,29)(H,30,31). The molecule has 1 saturated carbocycles. The van der Waals surface area contributed by atoms with E-state index in [2.05, 4.69) is 11.8 Å². The minimum Gasteiger partial charge on any atom is -0.492 e. The molecule has 0 amide bonds. The molecule has 3 aliphatic rings. The van der Waals surface area contributed by atoms with Crippen molar-refractivity contribution in [3.05, 3.63) is 52.8 Å². The van der Waals surface area contributed by atoms with Gasteiger partial charge in [0.2, 0.25) is 0 Å². The number of hydrogen-bond donors (Lipinski definition) is 2. The predicted molar refractivity (Wildman–Crippen MR) is 123 cm³/mol. The maximum Gasteiger partial charge on any atom is 0.341 e. The summed E-state index contributed by atoms with van der Waals surface area (Å²) in [6.07, 6.45) is 2.30. The van der Waals surface area contributed by atoms with E-state index in [-0.39, 0.29) is 22.9 Å². The largest absolute Gasteiger partial charge is 0.492 e. The van der Waals surface area contributed by atoms with Crippen LogP contribution >= 0.6 is 0 Å². The maximum absolute atomic E-state index is 14.2. The maximum atomic E-state index is 14.2. The molecule has 9 heteroatoms. The summed E-state index contributed by atoms with van der Waals surface area (Å²) < 4.78 is 43.8. The Hall–Kier alpha value is -2.49. The highest BCUT2D eigenvalue weighted by Crippen LogP contribution is 2.56. The first-order chi connectivity index (χ1) is 15.9. The van der Waals surface area contributed by atoms with E-state index in [4.69, 9.17) is 4.74 Å². The van der Waals surface area contributed by atoms with Crippen LogP contribution in [0.1, 0.15) is 47.2 Å². The first kappa shape index (κ1) is 22.3. The molecule has 0 bridgehead atoms. The second-order valence-electron chi connectivity index (χ2n) is 9.15. The van der Waals surface area contributed by atoms with Crippen LogP contribution in [0.5, 0.6) is 5.75 Å². The van der Waals surface area contributed by atoms with Crippen LogP contribution in [0.2, 0.25) is 0 Å². The van der Waals surface area contributed by atoms with Crippen molar-refractivity contribution < 1.29 is 27.8 Å². The molecule has 33 heavy (non-hydrogen) atoms. The van der Waals surface area contributed by atoms with Gasteiger partial charge in [0.1, 0.15) is 17.1 Å². The van der Waals surface area contributed by atoms with Crippen molar-refractivity contribution >= 4 is 28.6 Å². The van der Waals surface area contributed by atoms with Crippen molar-refractivity contribution in [2.75, 3.05) is 30.5 Å². The van der Waals surface area contributed by atoms with Crippen molar-refractivity contribution in [2.45, 2.75) is 32.1 Å². The second kappa shape index (κ2) is 8.70. The zero-order chi connectivity index (χ0) is 23.3. The average Bonchev–Trinajstić information content (AvgIpc) is 3.54. The van der Waals surface area contributed by atoms with E-state index in [1.807, 2.05) is 0 Å². The number of anilines is 2. The number of aryl methyl sites for hydroxylation is 1. The number of aromatic carboxylic acids is 1. The Balaban J connectivity index is 1.52. The number of benzene rings is 2. The topological polar surface area (TPSA) is 90.3 Å². The summed E-state index contributed by atoms with van der Waals surface area (Å²) in [6.45, 7) is 5.54. The molecule has 1 saturated heterocycles. The van der Waals surface area contributed by atoms with Gasteiger partial charge in [-0.15, -0.1) is 0 Å². The fourth-order valence-electron chi connectivity index (χ4n) is 5.14. The molecular weight excluding hydrogens is 447 g/mol. The van der Waals surface area contributed by atoms with Gasteiger partial charge in [-0.3, -0.25) is 4.55 Å². The van der Waals surface area contributed by atoms with Crippen LogP contribution in [0, 0.1) is 17.7 Å². The number of carbonyl (C=O) groups is 1. The van der Waals surface area contributed by atoms with Crippen LogP contribution in [0.25, 0.3) is 0 Å². The lowest BCUT2D eigenvalue weighted by atomic mass is 9.92. The Morgan fingerprint density at radius 2 is 2.03 bits per heavy atom. The lowest BCUT2D eigenvalue weighted by molar-refractivity contribution is 0.0692. The van der Waals surface area contributed by atoms with Gasteiger partial charge < -0.3 is 14.7 Å². The molecule has 3 atom stereocenters. The Morgan fingerprint density at radius 1 is 1.27 bits per heavy atom. The minimum atomic E-state index is -2.57. The molecule has 2 N–H and O–H groups in total. The first-order valence-corrected chi connectivity index (χ1v) is 12.4. The quantitative estimate of drug-likeness (QED) is 0.558. The zero-order valence-corrected chi connectivity index (χ0v) is 19.2. The average molecular weight is 475 g/mol. The summed E-state index contributed by atoms with van der Waals surface area (Å²) in [5.74, 6) is -0.214. The lowest BCUT2D eigenvalue weighted by Crippen LogP contribution is -2.46. The number of halogens is 1. The van der Waals surface area contributed by atoms with E-state index in [1.54, 1.807) is 12.1 Å². The number of ether oxygens (including phenoxy) is 1. The van der Waals surface area contributed by atoms with E-state index in [9.17, 15) is 23.1 Å². The van der Waals surface area contributed by atoms with Gasteiger partial charge in [0, 0.05) is 19.0 Å². The molecule has 0 radical (unpaired) electrons. The minimum absolute atomic E-state index is 0.0647. The van der Waals surface area contributed by atoms with E-state index >= 15 is 0 Å². The Morgan fingerprint density at radius 3 is 2.73 bits per heavy atom. The van der Waals surface area contributed by atoms with Crippen molar-refractivity contribution in [2.24, 2.45) is 11.8 Å². The molecule has 2 fully saturated rings. The summed E-state index contributed by atoms with van der Waals surface area (Å²) in [5, 5.41) is 10.0. The smallest absolute Gasteiger partial charge is 0.341 e. The highest BCUT2D eigenvalue weighted by atomic mass is 32.2. The number of rotatable bonds is 8. The molecule has 3 unspecified atom stereocenters. The lowest BCUT2D eigenvalue weighted by Gasteiger charge is -2.38. The van der Waals surface area contributed by atoms with E-state index in [1.165, 1.54) is 18.2 Å². The number of likely N-dealkylation sites (tertiary alicyclic amines) is 1. The Labute approximate surface area is 194 Å². The summed E-state index contributed by atoms with van der Waals surface area (Å²) >= 11 is -2.57. The van der Waals surface area contributed by atoms with Crippen molar-refractivity contribution in [3.63, 3.8) is 0 Å². The predicted octanol–water partition coefficient (Wildman–Crippen LogP) is 4.18. The SMILES string of the molecule is CCN1CC(CCc2cc(F)ccc2N(c2ccc3c(c2C(=O)O)OCC2CC32)S(=O)O)C1. The summed E-state index contributed by atoms with van der Waals surface area (Å²) in [5.41, 5.74) is 1.67. The number of carboxylic acid groups (broad SMARTS) is 1. The van der Waals surface area contributed by atoms with Crippen LogP contribution in [-0.2, 0) is 17.7 Å². The van der Waals surface area contributed by atoms with E-state index < -0.39 is 23.1 Å². The summed E-state index contributed by atoms with van der Waals surface area (Å²) in [6, 6.07) is 7.40. The van der Waals surface area contributed by atoms with Crippen LogP contribution < -0.4 is 9.04 Å². The molecule has 1 aliphatic carbocycles. The van der Waals surface area contributed by atoms with Gasteiger partial charge in [-0.05, 0) is 73.0 Å². The van der Waals surface area contributed by atoms with Gasteiger partial charge in [-0.25, -0.2) is 17.7 Å². The van der Waals surface area contributed by atoms with Gasteiger partial charge in [-0.2, -0.15) is 0 Å². The third kappa shape index (κ3) is 4.13. The molecule has 2 aliphatic heterocycles. The molecule has 5 rings (SSSR count). The number of fused-ring (bicyclic) bond motifs is 3. The highest BCUT2D eigenvalue weighted by Gasteiger charge is 2.46. The molecule has 2 aromatic carbocycles. The van der Waals surface area contributed by atoms with E-state index in [0.717, 1.165) is 42.3 Å². The normalized spacial score (nSPS) is 22.5. The van der Waals surface area contributed by atoms with Crippen molar-refractivity contribution in [1.29, 1.82) is 0 Å². The van der Waals surface area contributed by atoms with Gasteiger partial charge in [0.05, 0.1) is 18.0 Å². The number of carboxylic acids is 1. The molecular formula is C24H27FN2O5S. The monoisotopic (exact) mass is 474 g/mol. The van der Waals surface area contributed by atoms with Gasteiger partial charge in [0.15, 0.2) is 0 Å². The molecule has 0 aromatic heterocycles. The van der Waals surface area contributed by atoms with Crippen molar-refractivity contribution in [1.82, 2.24) is 4.90 Å². The van der Waals surface area contributed by atoms with Crippen LogP contribution in [-0.4, -0.2) is 51.0 Å². The van der Waals surface area contributed by atoms with Crippen LogP contribution in [0.4, 0.5) is 15.8 Å². The van der Waals surface area contributed by atoms with Gasteiger partial charge in [0.25, 0.3) is 11.3 Å². The number of hydrogen-bond acceptors (Lipinski definition) is 4. The zero-order valence-electron chi connectivity index (χ0n) is 18.4. The molecule has 176 valence electrons. The fourth-order valence-corrected chi connectivity index (χ4v) is 5.81. The van der Waals surface area contributed by atoms with Gasteiger partial charge in [-0.1, -0.05) is 13.0 Å². The number of nitrogens with zero attached hydrogens (tertiary/aromatic N) is 2. The summed E-state index contributed by atoms with van der Waals surface area (Å²) in [7, 11) is 0. The fraction of sp³-hybridized carbons (Fsp3) is 0.458. The van der Waals surface area contributed by atoms with Crippen LogP contribution in [0.3, 0.4) is 0 Å². The van der Waals surface area contributed by atoms with Crippen LogP contribution in [0.15, 0.2) is 30.3 Å². The Kier molecular flexibility index (Phi) is 5.88. The van der Waals surface area contributed by atoms with Crippen molar-refractivity contribution in [3.8, 4) is 5.75 Å². The highest BCUT2D eigenvalue weighted by molar-refractivity contribution is 7.81. The van der Waals surface area contributed by atoms with Gasteiger partial charge >= 0.3 is 5.97 Å². The molecule has 0 spiro atoms. The summed E-state index contributed by atoms with van der Waals surface area (Å²) in [4.78, 5) is 14.6. The molecule has 2 aromatic rings. The first-order valence-electron chi connectivity index (χ1n) is 11.3. The third-order valence-corrected chi connectivity index (χ3v) is 7.79. The molecule has 7 nitrogen and oxygen atoms in total. The Bertz CT molecular complexity index is 1120.